The number of hydrogen-bond donors (Lipinski definition) is 0. The Morgan fingerprint density at radius 3 is 1.86 bits per heavy atom. The van der Waals surface area contributed by atoms with E-state index in [-0.39, 0.29) is 23.9 Å². The summed E-state index contributed by atoms with van der Waals surface area (Å²) in [5.74, 6) is 0. The van der Waals surface area contributed by atoms with E-state index in [1.54, 1.807) is 0 Å². The van der Waals surface area contributed by atoms with Gasteiger partial charge in [-0.05, 0) is 95.8 Å². The molecule has 0 aliphatic carbocycles. The molecular weight excluding hydrogens is 567 g/mol. The molecule has 0 saturated heterocycles. The minimum Gasteiger partial charge on any atom is -0.358 e. The van der Waals surface area contributed by atoms with Crippen molar-refractivity contribution in [2.24, 2.45) is 9.98 Å². The molecule has 4 aromatic rings. The van der Waals surface area contributed by atoms with Crippen LogP contribution in [0.5, 0.6) is 0 Å². The van der Waals surface area contributed by atoms with E-state index in [4.69, 9.17) is 9.98 Å². The van der Waals surface area contributed by atoms with Crippen LogP contribution in [0.1, 0.15) is 76.5 Å². The Hall–Kier alpha value is -3.29. The Morgan fingerprint density at radius 1 is 0.744 bits per heavy atom. The SMILES string of the molecule is CCCCc1cc(N=C(C=Nc2ccc(C)c(-c3ccccc3)c2)CC)cc(-c2ccccc2)c1CC.[CH2-]CCC.[CH3-].[Ni+2]. The third kappa shape index (κ3) is 11.4. The number of nitrogens with zero attached hydrogens (tertiary/aromatic N) is 2. The Balaban J connectivity index is 0.00000145. The average Bonchev–Trinajstić information content (AvgIpc) is 3.03. The van der Waals surface area contributed by atoms with Crippen LogP contribution in [0, 0.1) is 21.3 Å². The first-order chi connectivity index (χ1) is 20.0. The van der Waals surface area contributed by atoms with Gasteiger partial charge in [-0.3, -0.25) is 9.98 Å². The minimum atomic E-state index is 0. The fraction of sp³-hybridized carbons (Fsp3) is 0.300. The molecule has 0 saturated carbocycles. The van der Waals surface area contributed by atoms with Gasteiger partial charge in [-0.15, -0.1) is 0 Å². The van der Waals surface area contributed by atoms with Gasteiger partial charge in [-0.2, -0.15) is 6.42 Å². The zero-order valence-corrected chi connectivity index (χ0v) is 28.1. The zero-order valence-electron chi connectivity index (χ0n) is 27.1. The maximum absolute atomic E-state index is 5.09. The molecule has 0 unspecified atom stereocenters. The van der Waals surface area contributed by atoms with Crippen LogP contribution in [-0.2, 0) is 29.3 Å². The number of unbranched alkanes of at least 4 members (excludes halogenated alkanes) is 2. The number of aliphatic imine (C=N–C) groups is 2. The van der Waals surface area contributed by atoms with E-state index in [2.05, 4.69) is 133 Å². The maximum Gasteiger partial charge on any atom is 2.00 e. The molecule has 0 heterocycles. The van der Waals surface area contributed by atoms with Crippen molar-refractivity contribution in [3.8, 4) is 22.3 Å². The fourth-order valence-electron chi connectivity index (χ4n) is 4.80. The molecule has 4 rings (SSSR count). The van der Waals surface area contributed by atoms with Crippen molar-refractivity contribution in [3.05, 3.63) is 122 Å². The smallest absolute Gasteiger partial charge is 0.358 e. The summed E-state index contributed by atoms with van der Waals surface area (Å²) in [5.41, 5.74) is 12.0. The number of rotatable bonds is 11. The zero-order chi connectivity index (χ0) is 29.5. The molecule has 0 bridgehead atoms. The summed E-state index contributed by atoms with van der Waals surface area (Å²) in [6.07, 6.45) is 9.51. The quantitative estimate of drug-likeness (QED) is 0.0909. The van der Waals surface area contributed by atoms with Crippen molar-refractivity contribution < 1.29 is 16.5 Å². The first-order valence-corrected chi connectivity index (χ1v) is 15.3. The van der Waals surface area contributed by atoms with E-state index < -0.39 is 0 Å². The molecule has 0 amide bonds. The van der Waals surface area contributed by atoms with Crippen LogP contribution in [-0.4, -0.2) is 11.9 Å². The van der Waals surface area contributed by atoms with E-state index in [1.165, 1.54) is 58.2 Å². The van der Waals surface area contributed by atoms with Crippen LogP contribution < -0.4 is 0 Å². The van der Waals surface area contributed by atoms with E-state index in [0.717, 1.165) is 42.8 Å². The van der Waals surface area contributed by atoms with Gasteiger partial charge < -0.3 is 14.4 Å². The van der Waals surface area contributed by atoms with Gasteiger partial charge in [0.2, 0.25) is 0 Å². The van der Waals surface area contributed by atoms with Crippen LogP contribution in [0.2, 0.25) is 0 Å². The first kappa shape index (κ1) is 37.7. The Labute approximate surface area is 272 Å². The average molecular weight is 618 g/mol. The van der Waals surface area contributed by atoms with Crippen molar-refractivity contribution >= 4 is 23.3 Å². The van der Waals surface area contributed by atoms with Gasteiger partial charge in [0.15, 0.2) is 0 Å². The molecular formula is C40H50N2Ni. The fourth-order valence-corrected chi connectivity index (χ4v) is 4.80. The Morgan fingerprint density at radius 2 is 1.33 bits per heavy atom. The second-order valence-electron chi connectivity index (χ2n) is 10.4. The molecule has 0 aliphatic rings. The predicted octanol–water partition coefficient (Wildman–Crippen LogP) is 12.2. The van der Waals surface area contributed by atoms with E-state index in [0.29, 0.717) is 0 Å². The van der Waals surface area contributed by atoms with Crippen molar-refractivity contribution in [1.82, 2.24) is 0 Å². The number of aryl methyl sites for hydroxylation is 2. The topological polar surface area (TPSA) is 24.7 Å². The Bertz CT molecular complexity index is 1400. The van der Waals surface area contributed by atoms with Gasteiger partial charge in [-0.1, -0.05) is 107 Å². The van der Waals surface area contributed by atoms with Gasteiger partial charge >= 0.3 is 16.5 Å². The number of hydrogen-bond acceptors (Lipinski definition) is 2. The standard InChI is InChI=1S/C35H38N2.C4H9.CH3.Ni/c1-5-8-15-29-22-32(24-35(33(29)7-3)28-18-13-10-14-19-28)37-30(6-2)25-36-31-21-20-26(4)34(23-31)27-16-11-9-12-17-27;1-3-4-2;;/h9-14,16-25H,5-8,15H2,1-4H3;1,3-4H2,2H3;1H3;/q;2*-1;+2. The van der Waals surface area contributed by atoms with Crippen LogP contribution in [0.25, 0.3) is 22.3 Å². The summed E-state index contributed by atoms with van der Waals surface area (Å²) in [4.78, 5) is 9.92. The summed E-state index contributed by atoms with van der Waals surface area (Å²) in [6, 6.07) is 32.2. The van der Waals surface area contributed by atoms with E-state index in [1.807, 2.05) is 6.21 Å². The summed E-state index contributed by atoms with van der Waals surface area (Å²) < 4.78 is 0. The second-order valence-corrected chi connectivity index (χ2v) is 10.4. The molecule has 0 aliphatic heterocycles. The molecule has 0 N–H and O–H groups in total. The van der Waals surface area contributed by atoms with E-state index >= 15 is 0 Å². The molecule has 0 spiro atoms. The summed E-state index contributed by atoms with van der Waals surface area (Å²) in [5, 5.41) is 0. The molecule has 2 nitrogen and oxygen atoms in total. The first-order valence-electron chi connectivity index (χ1n) is 15.3. The van der Waals surface area contributed by atoms with Crippen LogP contribution in [0.3, 0.4) is 0 Å². The van der Waals surface area contributed by atoms with Gasteiger partial charge in [0, 0.05) is 6.21 Å². The molecule has 0 fully saturated rings. The molecule has 3 heteroatoms. The van der Waals surface area contributed by atoms with Gasteiger partial charge in [0.05, 0.1) is 17.1 Å². The largest absolute Gasteiger partial charge is 2.00 e. The summed E-state index contributed by atoms with van der Waals surface area (Å²) in [7, 11) is 0. The maximum atomic E-state index is 5.09. The van der Waals surface area contributed by atoms with Crippen LogP contribution in [0.4, 0.5) is 11.4 Å². The third-order valence-corrected chi connectivity index (χ3v) is 7.22. The number of benzene rings is 4. The molecule has 0 atom stereocenters. The monoisotopic (exact) mass is 616 g/mol. The van der Waals surface area contributed by atoms with Crippen molar-refractivity contribution in [2.75, 3.05) is 0 Å². The molecule has 0 radical (unpaired) electrons. The molecule has 0 aromatic heterocycles. The van der Waals surface area contributed by atoms with Crippen LogP contribution >= 0.6 is 0 Å². The summed E-state index contributed by atoms with van der Waals surface area (Å²) >= 11 is 0. The van der Waals surface area contributed by atoms with Crippen molar-refractivity contribution in [3.63, 3.8) is 0 Å². The summed E-state index contributed by atoms with van der Waals surface area (Å²) in [6.45, 7) is 14.5. The van der Waals surface area contributed by atoms with Gasteiger partial charge in [0.1, 0.15) is 0 Å². The van der Waals surface area contributed by atoms with Gasteiger partial charge in [0.25, 0.3) is 0 Å². The minimum absolute atomic E-state index is 0. The van der Waals surface area contributed by atoms with Crippen molar-refractivity contribution in [1.29, 1.82) is 0 Å². The van der Waals surface area contributed by atoms with Crippen molar-refractivity contribution in [2.45, 2.75) is 79.6 Å². The van der Waals surface area contributed by atoms with Crippen LogP contribution in [0.15, 0.2) is 101 Å². The normalized spacial score (nSPS) is 10.9. The second kappa shape index (κ2) is 20.6. The predicted molar refractivity (Wildman–Crippen MR) is 189 cm³/mol. The third-order valence-electron chi connectivity index (χ3n) is 7.22. The molecule has 43 heavy (non-hydrogen) atoms. The molecule has 230 valence electrons. The van der Waals surface area contributed by atoms with E-state index in [9.17, 15) is 0 Å². The molecule has 4 aromatic carbocycles. The Kier molecular flexibility index (Phi) is 18.1. The van der Waals surface area contributed by atoms with Gasteiger partial charge in [-0.25, -0.2) is 0 Å².